The van der Waals surface area contributed by atoms with Crippen LogP contribution in [0.1, 0.15) is 44.7 Å². The second-order valence-corrected chi connectivity index (χ2v) is 4.52. The number of benzene rings is 1. The Balaban J connectivity index is 2.62. The van der Waals surface area contributed by atoms with Crippen molar-refractivity contribution in [2.45, 2.75) is 45.2 Å². The minimum atomic E-state index is -0.217. The summed E-state index contributed by atoms with van der Waals surface area (Å²) in [4.78, 5) is 11.7. The molecule has 1 rings (SSSR count). The van der Waals surface area contributed by atoms with Crippen LogP contribution in [0.15, 0.2) is 30.3 Å². The molecule has 1 N–H and O–H groups in total. The van der Waals surface area contributed by atoms with Gasteiger partial charge in [0, 0.05) is 6.04 Å². The van der Waals surface area contributed by atoms with Crippen LogP contribution in [0, 0.1) is 0 Å². The molecule has 18 heavy (non-hydrogen) atoms. The Bertz CT molecular complexity index is 351. The third-order valence-corrected chi connectivity index (χ3v) is 3.08. The van der Waals surface area contributed by atoms with Gasteiger partial charge in [-0.05, 0) is 18.9 Å². The summed E-state index contributed by atoms with van der Waals surface area (Å²) in [7, 11) is 1.44. The van der Waals surface area contributed by atoms with Gasteiger partial charge in [0.2, 0.25) is 0 Å². The van der Waals surface area contributed by atoms with Crippen molar-refractivity contribution >= 4 is 5.97 Å². The average molecular weight is 249 g/mol. The molecule has 0 aliphatic heterocycles. The fourth-order valence-corrected chi connectivity index (χ4v) is 1.96. The van der Waals surface area contributed by atoms with Crippen molar-refractivity contribution in [3.63, 3.8) is 0 Å². The SMILES string of the molecule is CCCCC(NC(C)c1ccccc1)C(=O)OC. The first-order valence-corrected chi connectivity index (χ1v) is 6.57. The summed E-state index contributed by atoms with van der Waals surface area (Å²) in [6, 6.07) is 10.1. The fourth-order valence-electron chi connectivity index (χ4n) is 1.96. The molecule has 0 aromatic heterocycles. The van der Waals surface area contributed by atoms with Crippen LogP contribution in [0.4, 0.5) is 0 Å². The minimum absolute atomic E-state index is 0.146. The summed E-state index contributed by atoms with van der Waals surface area (Å²) in [6.07, 6.45) is 2.92. The zero-order valence-electron chi connectivity index (χ0n) is 11.5. The molecule has 1 aromatic rings. The lowest BCUT2D eigenvalue weighted by Crippen LogP contribution is -2.39. The topological polar surface area (TPSA) is 38.3 Å². The van der Waals surface area contributed by atoms with Crippen LogP contribution >= 0.6 is 0 Å². The Morgan fingerprint density at radius 2 is 2.00 bits per heavy atom. The molecule has 3 nitrogen and oxygen atoms in total. The van der Waals surface area contributed by atoms with Gasteiger partial charge < -0.3 is 4.74 Å². The van der Waals surface area contributed by atoms with Crippen LogP contribution in [0.25, 0.3) is 0 Å². The molecule has 0 bridgehead atoms. The summed E-state index contributed by atoms with van der Waals surface area (Å²) >= 11 is 0. The number of carbonyl (C=O) groups is 1. The Kier molecular flexibility index (Phi) is 6.44. The average Bonchev–Trinajstić information content (AvgIpc) is 2.43. The van der Waals surface area contributed by atoms with Crippen LogP contribution in [-0.2, 0) is 9.53 Å². The number of esters is 1. The highest BCUT2D eigenvalue weighted by molar-refractivity contribution is 5.75. The normalized spacial score (nSPS) is 13.9. The van der Waals surface area contributed by atoms with Crippen molar-refractivity contribution < 1.29 is 9.53 Å². The van der Waals surface area contributed by atoms with Gasteiger partial charge in [0.05, 0.1) is 7.11 Å². The molecule has 0 aliphatic rings. The lowest BCUT2D eigenvalue weighted by atomic mass is 10.0. The third kappa shape index (κ3) is 4.49. The van der Waals surface area contributed by atoms with Gasteiger partial charge in [-0.1, -0.05) is 50.1 Å². The Morgan fingerprint density at radius 1 is 1.33 bits per heavy atom. The molecular formula is C15H23NO2. The van der Waals surface area contributed by atoms with Crippen LogP contribution in [-0.4, -0.2) is 19.1 Å². The molecule has 0 saturated heterocycles. The van der Waals surface area contributed by atoms with E-state index >= 15 is 0 Å². The maximum atomic E-state index is 11.7. The van der Waals surface area contributed by atoms with Gasteiger partial charge in [-0.15, -0.1) is 0 Å². The van der Waals surface area contributed by atoms with Crippen LogP contribution in [0.3, 0.4) is 0 Å². The molecule has 0 aliphatic carbocycles. The van der Waals surface area contributed by atoms with Crippen molar-refractivity contribution in [3.8, 4) is 0 Å². The van der Waals surface area contributed by atoms with E-state index in [9.17, 15) is 4.79 Å². The molecule has 0 saturated carbocycles. The summed E-state index contributed by atoms with van der Waals surface area (Å²) in [5, 5.41) is 3.34. The van der Waals surface area contributed by atoms with E-state index in [1.807, 2.05) is 18.2 Å². The Hall–Kier alpha value is -1.35. The summed E-state index contributed by atoms with van der Waals surface area (Å²) in [5.41, 5.74) is 1.18. The first-order chi connectivity index (χ1) is 8.69. The van der Waals surface area contributed by atoms with Crippen molar-refractivity contribution in [1.82, 2.24) is 5.32 Å². The number of nitrogens with one attached hydrogen (secondary N) is 1. The quantitative estimate of drug-likeness (QED) is 0.755. The van der Waals surface area contributed by atoms with Crippen LogP contribution in [0.5, 0.6) is 0 Å². The van der Waals surface area contributed by atoms with Gasteiger partial charge in [0.25, 0.3) is 0 Å². The van der Waals surface area contributed by atoms with Gasteiger partial charge >= 0.3 is 5.97 Å². The molecule has 2 atom stereocenters. The molecule has 1 aromatic carbocycles. The fraction of sp³-hybridized carbons (Fsp3) is 0.533. The largest absolute Gasteiger partial charge is 0.468 e. The molecular weight excluding hydrogens is 226 g/mol. The highest BCUT2D eigenvalue weighted by atomic mass is 16.5. The van der Waals surface area contributed by atoms with Gasteiger partial charge in [-0.2, -0.15) is 0 Å². The molecule has 0 radical (unpaired) electrons. The maximum absolute atomic E-state index is 11.7. The van der Waals surface area contributed by atoms with Crippen LogP contribution < -0.4 is 5.32 Å². The number of unbranched alkanes of at least 4 members (excludes halogenated alkanes) is 1. The Morgan fingerprint density at radius 3 is 2.56 bits per heavy atom. The van der Waals surface area contributed by atoms with E-state index in [1.54, 1.807) is 0 Å². The standard InChI is InChI=1S/C15H23NO2/c1-4-5-11-14(15(17)18-3)16-12(2)13-9-7-6-8-10-13/h6-10,12,14,16H,4-5,11H2,1-3H3. The zero-order valence-corrected chi connectivity index (χ0v) is 11.5. The number of hydrogen-bond donors (Lipinski definition) is 1. The third-order valence-electron chi connectivity index (χ3n) is 3.08. The number of rotatable bonds is 7. The van der Waals surface area contributed by atoms with E-state index < -0.39 is 0 Å². The lowest BCUT2D eigenvalue weighted by molar-refractivity contribution is -0.143. The van der Waals surface area contributed by atoms with E-state index in [2.05, 4.69) is 31.3 Å². The van der Waals surface area contributed by atoms with E-state index in [0.29, 0.717) is 0 Å². The van der Waals surface area contributed by atoms with E-state index in [1.165, 1.54) is 12.7 Å². The van der Waals surface area contributed by atoms with Gasteiger partial charge in [0.15, 0.2) is 0 Å². The van der Waals surface area contributed by atoms with E-state index in [-0.39, 0.29) is 18.1 Å². The molecule has 2 unspecified atom stereocenters. The highest BCUT2D eigenvalue weighted by Crippen LogP contribution is 2.14. The summed E-state index contributed by atoms with van der Waals surface area (Å²) in [5.74, 6) is -0.175. The van der Waals surface area contributed by atoms with Gasteiger partial charge in [0.1, 0.15) is 6.04 Å². The predicted octanol–water partition coefficient (Wildman–Crippen LogP) is 3.07. The second-order valence-electron chi connectivity index (χ2n) is 4.52. The maximum Gasteiger partial charge on any atom is 0.322 e. The van der Waals surface area contributed by atoms with E-state index in [4.69, 9.17) is 4.74 Å². The smallest absolute Gasteiger partial charge is 0.322 e. The first-order valence-electron chi connectivity index (χ1n) is 6.57. The molecule has 0 heterocycles. The zero-order chi connectivity index (χ0) is 13.4. The number of hydrogen-bond acceptors (Lipinski definition) is 3. The molecule has 0 spiro atoms. The molecule has 100 valence electrons. The van der Waals surface area contributed by atoms with Crippen LogP contribution in [0.2, 0.25) is 0 Å². The minimum Gasteiger partial charge on any atom is -0.468 e. The second kappa shape index (κ2) is 7.88. The number of carbonyl (C=O) groups excluding carboxylic acids is 1. The summed E-state index contributed by atoms with van der Waals surface area (Å²) in [6.45, 7) is 4.19. The monoisotopic (exact) mass is 249 g/mol. The van der Waals surface area contributed by atoms with Gasteiger partial charge in [-0.3, -0.25) is 10.1 Å². The van der Waals surface area contributed by atoms with E-state index in [0.717, 1.165) is 19.3 Å². The van der Waals surface area contributed by atoms with Crippen molar-refractivity contribution in [3.05, 3.63) is 35.9 Å². The van der Waals surface area contributed by atoms with Gasteiger partial charge in [-0.25, -0.2) is 0 Å². The summed E-state index contributed by atoms with van der Waals surface area (Å²) < 4.78 is 4.84. The first kappa shape index (κ1) is 14.7. The number of ether oxygens (including phenoxy) is 1. The molecule has 3 heteroatoms. The lowest BCUT2D eigenvalue weighted by Gasteiger charge is -2.21. The molecule has 0 fully saturated rings. The Labute approximate surface area is 110 Å². The predicted molar refractivity (Wildman–Crippen MR) is 73.3 cm³/mol. The molecule has 0 amide bonds. The van der Waals surface area contributed by atoms with Crippen molar-refractivity contribution in [2.24, 2.45) is 0 Å². The highest BCUT2D eigenvalue weighted by Gasteiger charge is 2.20. The number of methoxy groups -OCH3 is 1. The van der Waals surface area contributed by atoms with Crippen molar-refractivity contribution in [1.29, 1.82) is 0 Å². The van der Waals surface area contributed by atoms with Crippen molar-refractivity contribution in [2.75, 3.05) is 7.11 Å².